The third kappa shape index (κ3) is 3.52. The normalized spacial score (nSPS) is 11.1. The topological polar surface area (TPSA) is 61.5 Å². The van der Waals surface area contributed by atoms with Gasteiger partial charge in [0.1, 0.15) is 11.3 Å². The second kappa shape index (κ2) is 4.82. The highest BCUT2D eigenvalue weighted by atomic mass is 79.9. The molecule has 0 bridgehead atoms. The molecule has 0 radical (unpaired) electrons. The summed E-state index contributed by atoms with van der Waals surface area (Å²) in [5.74, 6) is -1.67. The molecule has 0 fully saturated rings. The van der Waals surface area contributed by atoms with Crippen LogP contribution in [0.4, 0.5) is 18.9 Å². The van der Waals surface area contributed by atoms with Crippen LogP contribution in [0, 0.1) is 0 Å². The molecule has 0 amide bonds. The van der Waals surface area contributed by atoms with Crippen LogP contribution >= 0.6 is 15.9 Å². The van der Waals surface area contributed by atoms with Crippen molar-refractivity contribution in [2.45, 2.75) is 6.36 Å². The van der Waals surface area contributed by atoms with Gasteiger partial charge in [-0.3, -0.25) is 0 Å². The summed E-state index contributed by atoms with van der Waals surface area (Å²) < 4.78 is 44.5. The molecule has 1 aromatic rings. The Labute approximate surface area is 103 Å². The number of halogens is 4. The Bertz CT molecular complexity index is 448. The second-order valence-electron chi connectivity index (χ2n) is 2.92. The van der Waals surface area contributed by atoms with Gasteiger partial charge in [-0.1, -0.05) is 0 Å². The zero-order valence-electron chi connectivity index (χ0n) is 8.47. The highest BCUT2D eigenvalue weighted by Gasteiger charge is 2.34. The monoisotopic (exact) mass is 313 g/mol. The molecule has 17 heavy (non-hydrogen) atoms. The fourth-order valence-corrected chi connectivity index (χ4v) is 1.73. The van der Waals surface area contributed by atoms with Gasteiger partial charge < -0.3 is 15.2 Å². The van der Waals surface area contributed by atoms with E-state index in [2.05, 4.69) is 25.4 Å². The molecule has 2 N–H and O–H groups in total. The van der Waals surface area contributed by atoms with Gasteiger partial charge >= 0.3 is 12.3 Å². The number of ether oxygens (including phenoxy) is 2. The predicted octanol–water partition coefficient (Wildman–Crippen LogP) is 2.72. The van der Waals surface area contributed by atoms with Crippen molar-refractivity contribution in [1.82, 2.24) is 0 Å². The van der Waals surface area contributed by atoms with Gasteiger partial charge in [-0.25, -0.2) is 4.79 Å². The van der Waals surface area contributed by atoms with Crippen LogP contribution < -0.4 is 10.5 Å². The van der Waals surface area contributed by atoms with E-state index in [1.54, 1.807) is 0 Å². The van der Waals surface area contributed by atoms with Gasteiger partial charge in [-0.05, 0) is 22.0 Å². The van der Waals surface area contributed by atoms with E-state index >= 15 is 0 Å². The number of alkyl halides is 3. The Kier molecular flexibility index (Phi) is 3.87. The number of benzene rings is 1. The number of hydrogen-bond donors (Lipinski definition) is 1. The van der Waals surface area contributed by atoms with Crippen molar-refractivity contribution < 1.29 is 27.4 Å². The Morgan fingerprint density at radius 1 is 1.41 bits per heavy atom. The minimum atomic E-state index is -4.92. The quantitative estimate of drug-likeness (QED) is 0.673. The van der Waals surface area contributed by atoms with Crippen molar-refractivity contribution in [1.29, 1.82) is 0 Å². The molecule has 1 rings (SSSR count). The van der Waals surface area contributed by atoms with Gasteiger partial charge in [0.05, 0.1) is 7.11 Å². The molecular weight excluding hydrogens is 307 g/mol. The molecule has 0 saturated carbocycles. The maximum absolute atomic E-state index is 12.1. The summed E-state index contributed by atoms with van der Waals surface area (Å²) in [5, 5.41) is 0. The number of nitrogens with two attached hydrogens (primary N) is 1. The number of rotatable bonds is 2. The Morgan fingerprint density at radius 3 is 2.47 bits per heavy atom. The van der Waals surface area contributed by atoms with E-state index in [4.69, 9.17) is 5.73 Å². The van der Waals surface area contributed by atoms with Crippen molar-refractivity contribution in [2.24, 2.45) is 0 Å². The summed E-state index contributed by atoms with van der Waals surface area (Å²) in [6.45, 7) is 0. The van der Waals surface area contributed by atoms with Crippen molar-refractivity contribution in [3.8, 4) is 5.75 Å². The second-order valence-corrected chi connectivity index (χ2v) is 3.77. The molecule has 0 unspecified atom stereocenters. The molecule has 0 saturated heterocycles. The smallest absolute Gasteiger partial charge is 0.465 e. The van der Waals surface area contributed by atoms with Crippen LogP contribution in [0.25, 0.3) is 0 Å². The molecule has 0 spiro atoms. The van der Waals surface area contributed by atoms with E-state index in [1.807, 2.05) is 0 Å². The maximum Gasteiger partial charge on any atom is 0.573 e. The maximum atomic E-state index is 12.1. The minimum absolute atomic E-state index is 0.0174. The first kappa shape index (κ1) is 13.6. The zero-order chi connectivity index (χ0) is 13.2. The predicted molar refractivity (Wildman–Crippen MR) is 56.6 cm³/mol. The molecular formula is C9H7BrF3NO3. The van der Waals surface area contributed by atoms with E-state index in [0.29, 0.717) is 0 Å². The van der Waals surface area contributed by atoms with Crippen LogP contribution in [-0.4, -0.2) is 19.4 Å². The van der Waals surface area contributed by atoms with Gasteiger partial charge in [0, 0.05) is 16.2 Å². The summed E-state index contributed by atoms with van der Waals surface area (Å²) >= 11 is 2.92. The molecule has 0 aliphatic carbocycles. The average Bonchev–Trinajstić information content (AvgIpc) is 2.13. The molecule has 0 heterocycles. The van der Waals surface area contributed by atoms with Gasteiger partial charge in [-0.2, -0.15) is 0 Å². The summed E-state index contributed by atoms with van der Waals surface area (Å²) in [6, 6.07) is 2.17. The van der Waals surface area contributed by atoms with Crippen molar-refractivity contribution in [3.63, 3.8) is 0 Å². The lowest BCUT2D eigenvalue weighted by Gasteiger charge is -2.14. The van der Waals surface area contributed by atoms with E-state index in [9.17, 15) is 18.0 Å². The van der Waals surface area contributed by atoms with Gasteiger partial charge in [0.2, 0.25) is 0 Å². The lowest BCUT2D eigenvalue weighted by Crippen LogP contribution is -2.19. The molecule has 94 valence electrons. The SMILES string of the molecule is COC(=O)c1c(Br)cc(N)cc1OC(F)(F)F. The average molecular weight is 314 g/mol. The summed E-state index contributed by atoms with van der Waals surface area (Å²) in [6.07, 6.45) is -4.92. The Balaban J connectivity index is 3.30. The van der Waals surface area contributed by atoms with Crippen LogP contribution in [0.2, 0.25) is 0 Å². The Morgan fingerprint density at radius 2 is 2.00 bits per heavy atom. The van der Waals surface area contributed by atoms with Crippen LogP contribution in [0.15, 0.2) is 16.6 Å². The molecule has 4 nitrogen and oxygen atoms in total. The number of nitrogen functional groups attached to an aromatic ring is 1. The molecule has 0 aromatic heterocycles. The fourth-order valence-electron chi connectivity index (χ4n) is 1.11. The summed E-state index contributed by atoms with van der Waals surface area (Å²) in [4.78, 5) is 11.3. The first-order valence-corrected chi connectivity index (χ1v) is 4.97. The van der Waals surface area contributed by atoms with Crippen molar-refractivity contribution in [3.05, 3.63) is 22.2 Å². The van der Waals surface area contributed by atoms with Gasteiger partial charge in [0.15, 0.2) is 0 Å². The van der Waals surface area contributed by atoms with Crippen molar-refractivity contribution in [2.75, 3.05) is 12.8 Å². The minimum Gasteiger partial charge on any atom is -0.465 e. The molecule has 8 heteroatoms. The first-order valence-electron chi connectivity index (χ1n) is 4.17. The van der Waals surface area contributed by atoms with Crippen LogP contribution in [-0.2, 0) is 4.74 Å². The fraction of sp³-hybridized carbons (Fsp3) is 0.222. The van der Waals surface area contributed by atoms with Gasteiger partial charge in [0.25, 0.3) is 0 Å². The number of carbonyl (C=O) groups is 1. The number of anilines is 1. The van der Waals surface area contributed by atoms with Crippen LogP contribution in [0.5, 0.6) is 5.75 Å². The number of methoxy groups -OCH3 is 1. The zero-order valence-corrected chi connectivity index (χ0v) is 10.1. The van der Waals surface area contributed by atoms with E-state index in [1.165, 1.54) is 6.07 Å². The van der Waals surface area contributed by atoms with Crippen molar-refractivity contribution >= 4 is 27.6 Å². The first-order chi connectivity index (χ1) is 7.74. The third-order valence-electron chi connectivity index (χ3n) is 1.69. The van der Waals surface area contributed by atoms with Crippen LogP contribution in [0.1, 0.15) is 10.4 Å². The summed E-state index contributed by atoms with van der Waals surface area (Å²) in [7, 11) is 1.04. The number of carbonyl (C=O) groups excluding carboxylic acids is 1. The molecule has 0 aliphatic heterocycles. The lowest BCUT2D eigenvalue weighted by atomic mass is 10.2. The van der Waals surface area contributed by atoms with E-state index in [-0.39, 0.29) is 15.7 Å². The van der Waals surface area contributed by atoms with E-state index < -0.39 is 18.1 Å². The van der Waals surface area contributed by atoms with E-state index in [0.717, 1.165) is 13.2 Å². The Hall–Kier alpha value is -1.44. The number of esters is 1. The van der Waals surface area contributed by atoms with Gasteiger partial charge in [-0.15, -0.1) is 13.2 Å². The largest absolute Gasteiger partial charge is 0.573 e. The highest BCUT2D eigenvalue weighted by Crippen LogP contribution is 2.34. The number of hydrogen-bond acceptors (Lipinski definition) is 4. The molecule has 0 aliphatic rings. The standard InChI is InChI=1S/C9H7BrF3NO3/c1-16-8(15)7-5(10)2-4(14)3-6(7)17-9(11,12)13/h2-3H,14H2,1H3. The molecule has 0 atom stereocenters. The third-order valence-corrected chi connectivity index (χ3v) is 2.32. The van der Waals surface area contributed by atoms with Crippen LogP contribution in [0.3, 0.4) is 0 Å². The highest BCUT2D eigenvalue weighted by molar-refractivity contribution is 9.10. The summed E-state index contributed by atoms with van der Waals surface area (Å²) in [5.41, 5.74) is 5.00. The molecule has 1 aromatic carbocycles. The lowest BCUT2D eigenvalue weighted by molar-refractivity contribution is -0.274.